The molecule has 2 atom stereocenters. The van der Waals surface area contributed by atoms with Gasteiger partial charge in [-0.05, 0) is 29.2 Å². The van der Waals surface area contributed by atoms with Crippen molar-refractivity contribution in [3.63, 3.8) is 0 Å². The van der Waals surface area contributed by atoms with E-state index in [2.05, 4.69) is 51.0 Å². The third-order valence-corrected chi connectivity index (χ3v) is 6.22. The highest BCUT2D eigenvalue weighted by Crippen LogP contribution is 2.34. The van der Waals surface area contributed by atoms with Crippen LogP contribution in [0.15, 0.2) is 60.9 Å². The fraction of sp³-hybridized carbons (Fsp3) is 0.333. The number of hydrogen-bond acceptors (Lipinski definition) is 6. The summed E-state index contributed by atoms with van der Waals surface area (Å²) in [5.74, 6) is 1.26. The van der Waals surface area contributed by atoms with E-state index >= 15 is 0 Å². The van der Waals surface area contributed by atoms with Crippen LogP contribution in [-0.2, 0) is 0 Å². The van der Waals surface area contributed by atoms with Crippen molar-refractivity contribution in [2.45, 2.75) is 18.9 Å². The van der Waals surface area contributed by atoms with Crippen LogP contribution in [-0.4, -0.2) is 53.6 Å². The minimum Gasteiger partial charge on any atom is -0.383 e. The number of nitrogens with two attached hydrogens (primary N) is 2. The Bertz CT molecular complexity index is 987. The lowest BCUT2D eigenvalue weighted by Gasteiger charge is -2.42. The first-order valence-corrected chi connectivity index (χ1v) is 10.7. The smallest absolute Gasteiger partial charge is 0.142 e. The third-order valence-electron chi connectivity index (χ3n) is 6.22. The minimum atomic E-state index is -0.283. The van der Waals surface area contributed by atoms with Crippen LogP contribution in [0.1, 0.15) is 18.4 Å². The molecular formula is C24H29FN6. The number of piperazine rings is 1. The second-order valence-electron chi connectivity index (χ2n) is 7.99. The van der Waals surface area contributed by atoms with Crippen LogP contribution in [0.5, 0.6) is 0 Å². The molecule has 1 saturated heterocycles. The Morgan fingerprint density at radius 1 is 0.968 bits per heavy atom. The molecule has 3 aromatic rings. The summed E-state index contributed by atoms with van der Waals surface area (Å²) in [4.78, 5) is 13.4. The maximum Gasteiger partial charge on any atom is 0.142 e. The molecule has 1 fully saturated rings. The zero-order valence-corrected chi connectivity index (χ0v) is 17.8. The summed E-state index contributed by atoms with van der Waals surface area (Å²) in [6, 6.07) is 17.1. The molecule has 4 rings (SSSR count). The molecule has 0 amide bonds. The summed E-state index contributed by atoms with van der Waals surface area (Å²) in [6.07, 6.45) is 1.49. The van der Waals surface area contributed by atoms with Gasteiger partial charge in [0.05, 0.1) is 5.56 Å². The molecule has 0 spiro atoms. The first kappa shape index (κ1) is 21.2. The van der Waals surface area contributed by atoms with E-state index in [9.17, 15) is 4.39 Å². The van der Waals surface area contributed by atoms with Crippen LogP contribution in [0, 0.1) is 5.82 Å². The highest BCUT2D eigenvalue weighted by Gasteiger charge is 2.29. The number of nitrogen functional groups attached to an aromatic ring is 1. The van der Waals surface area contributed by atoms with Gasteiger partial charge in [-0.15, -0.1) is 0 Å². The Balaban J connectivity index is 1.51. The van der Waals surface area contributed by atoms with Crippen LogP contribution < -0.4 is 16.4 Å². The van der Waals surface area contributed by atoms with E-state index in [1.165, 1.54) is 24.0 Å². The van der Waals surface area contributed by atoms with E-state index < -0.39 is 0 Å². The number of benzene rings is 2. The zero-order valence-electron chi connectivity index (χ0n) is 17.8. The summed E-state index contributed by atoms with van der Waals surface area (Å²) in [5, 5.41) is 0. The van der Waals surface area contributed by atoms with Gasteiger partial charge in [-0.3, -0.25) is 4.90 Å². The second kappa shape index (κ2) is 9.41. The lowest BCUT2D eigenvalue weighted by molar-refractivity contribution is 0.169. The van der Waals surface area contributed by atoms with Crippen molar-refractivity contribution >= 4 is 11.6 Å². The molecule has 0 bridgehead atoms. The highest BCUT2D eigenvalue weighted by atomic mass is 19.1. The Morgan fingerprint density at radius 3 is 2.29 bits per heavy atom. The van der Waals surface area contributed by atoms with Crippen LogP contribution in [0.2, 0.25) is 0 Å². The fourth-order valence-corrected chi connectivity index (χ4v) is 4.44. The van der Waals surface area contributed by atoms with Gasteiger partial charge >= 0.3 is 0 Å². The van der Waals surface area contributed by atoms with E-state index in [1.54, 1.807) is 12.1 Å². The van der Waals surface area contributed by atoms with E-state index in [0.29, 0.717) is 18.3 Å². The molecule has 4 N–H and O–H groups in total. The lowest BCUT2D eigenvalue weighted by Crippen LogP contribution is -2.54. The first-order valence-electron chi connectivity index (χ1n) is 10.7. The molecule has 6 nitrogen and oxygen atoms in total. The van der Waals surface area contributed by atoms with Gasteiger partial charge in [0, 0.05) is 38.8 Å². The predicted molar refractivity (Wildman–Crippen MR) is 123 cm³/mol. The summed E-state index contributed by atoms with van der Waals surface area (Å²) >= 11 is 0. The fourth-order valence-electron chi connectivity index (χ4n) is 4.44. The SMILES string of the molecule is CC(c1ccccc1)C(CN)N1CCN(c2ncnc(N)c2-c2ccc(F)cc2)CC1. The number of hydrogen-bond donors (Lipinski definition) is 2. The molecule has 1 aliphatic heterocycles. The third kappa shape index (κ3) is 4.52. The Kier molecular flexibility index (Phi) is 6.44. The molecular weight excluding hydrogens is 391 g/mol. The van der Waals surface area contributed by atoms with Gasteiger partial charge in [-0.2, -0.15) is 0 Å². The Hall–Kier alpha value is -3.03. The maximum atomic E-state index is 13.4. The van der Waals surface area contributed by atoms with Gasteiger partial charge in [0.2, 0.25) is 0 Å². The molecule has 2 heterocycles. The monoisotopic (exact) mass is 420 g/mol. The molecule has 1 aromatic heterocycles. The number of nitrogens with zero attached hydrogens (tertiary/aromatic N) is 4. The van der Waals surface area contributed by atoms with Gasteiger partial charge in [0.1, 0.15) is 23.8 Å². The normalized spacial score (nSPS) is 16.8. The zero-order chi connectivity index (χ0) is 21.8. The van der Waals surface area contributed by atoms with Crippen molar-refractivity contribution in [1.82, 2.24) is 14.9 Å². The van der Waals surface area contributed by atoms with Crippen LogP contribution >= 0.6 is 0 Å². The number of halogens is 1. The Morgan fingerprint density at radius 2 is 1.65 bits per heavy atom. The van der Waals surface area contributed by atoms with Gasteiger partial charge in [-0.25, -0.2) is 14.4 Å². The van der Waals surface area contributed by atoms with E-state index in [0.717, 1.165) is 43.1 Å². The average molecular weight is 421 g/mol. The molecule has 2 unspecified atom stereocenters. The van der Waals surface area contributed by atoms with Crippen molar-refractivity contribution < 1.29 is 4.39 Å². The average Bonchev–Trinajstić information content (AvgIpc) is 2.81. The van der Waals surface area contributed by atoms with Crippen LogP contribution in [0.4, 0.5) is 16.0 Å². The molecule has 0 radical (unpaired) electrons. The summed E-state index contributed by atoms with van der Waals surface area (Å²) in [5.41, 5.74) is 15.3. The standard InChI is InChI=1S/C24H29FN6/c1-17(18-5-3-2-4-6-18)21(15-26)30-11-13-31(14-12-30)24-22(23(27)28-16-29-24)19-7-9-20(25)10-8-19/h2-10,16-17,21H,11-15,26H2,1H3,(H2,27,28,29). The molecule has 0 aliphatic carbocycles. The molecule has 31 heavy (non-hydrogen) atoms. The molecule has 7 heteroatoms. The van der Waals surface area contributed by atoms with E-state index in [1.807, 2.05) is 6.07 Å². The maximum absolute atomic E-state index is 13.4. The largest absolute Gasteiger partial charge is 0.383 e. The van der Waals surface area contributed by atoms with Crippen LogP contribution in [0.3, 0.4) is 0 Å². The van der Waals surface area contributed by atoms with Gasteiger partial charge in [0.15, 0.2) is 0 Å². The quantitative estimate of drug-likeness (QED) is 0.637. The molecule has 0 saturated carbocycles. The van der Waals surface area contributed by atoms with E-state index in [4.69, 9.17) is 11.5 Å². The minimum absolute atomic E-state index is 0.275. The van der Waals surface area contributed by atoms with Crippen molar-refractivity contribution in [3.8, 4) is 11.1 Å². The first-order chi connectivity index (χ1) is 15.1. The highest BCUT2D eigenvalue weighted by molar-refractivity contribution is 5.84. The number of aromatic nitrogens is 2. The van der Waals surface area contributed by atoms with Crippen LogP contribution in [0.25, 0.3) is 11.1 Å². The van der Waals surface area contributed by atoms with Crippen molar-refractivity contribution in [2.75, 3.05) is 43.4 Å². The molecule has 2 aromatic carbocycles. The number of anilines is 2. The van der Waals surface area contributed by atoms with Gasteiger partial charge in [-0.1, -0.05) is 49.4 Å². The van der Waals surface area contributed by atoms with E-state index in [-0.39, 0.29) is 11.9 Å². The lowest BCUT2D eigenvalue weighted by atomic mass is 9.91. The summed E-state index contributed by atoms with van der Waals surface area (Å²) < 4.78 is 13.4. The van der Waals surface area contributed by atoms with Gasteiger partial charge in [0.25, 0.3) is 0 Å². The Labute approximate surface area is 182 Å². The van der Waals surface area contributed by atoms with Crippen molar-refractivity contribution in [3.05, 3.63) is 72.3 Å². The van der Waals surface area contributed by atoms with Gasteiger partial charge < -0.3 is 16.4 Å². The predicted octanol–water partition coefficient (Wildman–Crippen LogP) is 3.12. The van der Waals surface area contributed by atoms with Crippen molar-refractivity contribution in [1.29, 1.82) is 0 Å². The number of rotatable bonds is 6. The second-order valence-corrected chi connectivity index (χ2v) is 7.99. The summed E-state index contributed by atoms with van der Waals surface area (Å²) in [6.45, 7) is 6.23. The molecule has 162 valence electrons. The molecule has 1 aliphatic rings. The topological polar surface area (TPSA) is 84.3 Å². The summed E-state index contributed by atoms with van der Waals surface area (Å²) in [7, 11) is 0. The van der Waals surface area contributed by atoms with Crippen molar-refractivity contribution in [2.24, 2.45) is 5.73 Å².